The third kappa shape index (κ3) is 4.79. The van der Waals surface area contributed by atoms with Crippen LogP contribution in [-0.2, 0) is 0 Å². The molecule has 0 fully saturated rings. The van der Waals surface area contributed by atoms with Crippen molar-refractivity contribution in [2.75, 3.05) is 0 Å². The van der Waals surface area contributed by atoms with Gasteiger partial charge in [-0.15, -0.1) is 0 Å². The van der Waals surface area contributed by atoms with Crippen molar-refractivity contribution in [2.45, 2.75) is 0 Å². The van der Waals surface area contributed by atoms with Crippen LogP contribution >= 0.6 is 0 Å². The fourth-order valence-corrected chi connectivity index (χ4v) is 10.6. The predicted molar refractivity (Wildman–Crippen MR) is 266 cm³/mol. The number of hydrogen-bond acceptors (Lipinski definition) is 6. The zero-order chi connectivity index (χ0) is 42.8. The summed E-state index contributed by atoms with van der Waals surface area (Å²) in [5.41, 5.74) is 16.8. The number of fused-ring (bicyclic) bond motifs is 18. The van der Waals surface area contributed by atoms with Crippen molar-refractivity contribution < 1.29 is 26.5 Å². The van der Waals surface area contributed by atoms with Crippen LogP contribution in [0.15, 0.2) is 208 Å². The van der Waals surface area contributed by atoms with Crippen LogP contribution in [0.1, 0.15) is 0 Å². The first-order valence-corrected chi connectivity index (χ1v) is 22.1. The van der Waals surface area contributed by atoms with Crippen LogP contribution in [0.3, 0.4) is 0 Å². The van der Waals surface area contributed by atoms with E-state index in [1.807, 2.05) is 30.3 Å². The van der Waals surface area contributed by atoms with E-state index in [1.54, 1.807) is 0 Å². The third-order valence-corrected chi connectivity index (χ3v) is 13.9. The SMILES string of the molecule is c1ccc2c(c1)oc1ccc(-c3ccc4c(c3)oc3cc5c(cc34)oc3ccc(-c4ccc6oc7cc8c(cc7c6c4)oc4ccc(-c6ccc7oc9ccccc9c7c6)cc48)cc35)cc12. The van der Waals surface area contributed by atoms with Crippen LogP contribution in [0.5, 0.6) is 0 Å². The Balaban J connectivity index is 0.764. The smallest absolute Gasteiger partial charge is 0.136 e. The molecule has 0 aliphatic rings. The molecule has 6 nitrogen and oxygen atoms in total. The second-order valence-corrected chi connectivity index (χ2v) is 17.6. The number of benzene rings is 10. The molecule has 0 aliphatic heterocycles. The van der Waals surface area contributed by atoms with Gasteiger partial charge in [0.1, 0.15) is 67.0 Å². The average molecular weight is 847 g/mol. The van der Waals surface area contributed by atoms with Crippen LogP contribution < -0.4 is 0 Å². The highest BCUT2D eigenvalue weighted by Crippen LogP contribution is 2.43. The largest absolute Gasteiger partial charge is 0.456 e. The summed E-state index contributed by atoms with van der Waals surface area (Å²) in [5.74, 6) is 0. The maximum atomic E-state index is 6.60. The van der Waals surface area contributed by atoms with Gasteiger partial charge in [0.2, 0.25) is 0 Å². The van der Waals surface area contributed by atoms with Crippen LogP contribution in [0.25, 0.3) is 165 Å². The minimum absolute atomic E-state index is 0.819. The molecule has 0 radical (unpaired) electrons. The lowest BCUT2D eigenvalue weighted by molar-refractivity contribution is 0.664. The Kier molecular flexibility index (Phi) is 6.47. The van der Waals surface area contributed by atoms with E-state index < -0.39 is 0 Å². The van der Waals surface area contributed by atoms with Crippen molar-refractivity contribution >= 4 is 132 Å². The van der Waals surface area contributed by atoms with Gasteiger partial charge in [-0.2, -0.15) is 0 Å². The molecule has 0 N–H and O–H groups in total. The summed E-state index contributed by atoms with van der Waals surface area (Å²) >= 11 is 0. The lowest BCUT2D eigenvalue weighted by atomic mass is 9.99. The van der Waals surface area contributed by atoms with Crippen LogP contribution in [-0.4, -0.2) is 0 Å². The molecule has 16 rings (SSSR count). The van der Waals surface area contributed by atoms with E-state index in [0.29, 0.717) is 0 Å². The summed E-state index contributed by atoms with van der Waals surface area (Å²) in [4.78, 5) is 0. The minimum atomic E-state index is 0.819. The van der Waals surface area contributed by atoms with Crippen molar-refractivity contribution in [3.8, 4) is 33.4 Å². The Labute approximate surface area is 372 Å². The average Bonchev–Trinajstić information content (AvgIpc) is 4.21. The van der Waals surface area contributed by atoms with Crippen LogP contribution in [0, 0.1) is 0 Å². The molecule has 0 spiro atoms. The molecule has 0 aliphatic carbocycles. The Bertz CT molecular complexity index is 4740. The van der Waals surface area contributed by atoms with Gasteiger partial charge in [-0.25, -0.2) is 0 Å². The molecule has 10 aromatic carbocycles. The quantitative estimate of drug-likeness (QED) is 0.176. The van der Waals surface area contributed by atoms with Crippen molar-refractivity contribution in [1.82, 2.24) is 0 Å². The Hall–Kier alpha value is -9.00. The summed E-state index contributed by atoms with van der Waals surface area (Å²) < 4.78 is 38.3. The lowest BCUT2D eigenvalue weighted by Crippen LogP contribution is -1.78. The predicted octanol–water partition coefficient (Wildman–Crippen LogP) is 18.1. The first kappa shape index (κ1) is 34.5. The fourth-order valence-electron chi connectivity index (χ4n) is 10.6. The van der Waals surface area contributed by atoms with E-state index in [0.717, 1.165) is 165 Å². The second-order valence-electron chi connectivity index (χ2n) is 17.6. The lowest BCUT2D eigenvalue weighted by Gasteiger charge is -2.02. The molecule has 0 bridgehead atoms. The molecular formula is C60H30O6. The molecule has 66 heavy (non-hydrogen) atoms. The number of hydrogen-bond donors (Lipinski definition) is 0. The monoisotopic (exact) mass is 846 g/mol. The van der Waals surface area contributed by atoms with Crippen molar-refractivity contribution in [2.24, 2.45) is 0 Å². The molecule has 6 heterocycles. The Morgan fingerprint density at radius 1 is 0.152 bits per heavy atom. The molecule has 0 saturated carbocycles. The molecule has 306 valence electrons. The van der Waals surface area contributed by atoms with E-state index in [9.17, 15) is 0 Å². The zero-order valence-electron chi connectivity index (χ0n) is 34.8. The van der Waals surface area contributed by atoms with Gasteiger partial charge in [-0.05, 0) is 143 Å². The maximum Gasteiger partial charge on any atom is 0.136 e. The number of furan rings is 6. The van der Waals surface area contributed by atoms with Crippen molar-refractivity contribution in [3.05, 3.63) is 182 Å². The van der Waals surface area contributed by atoms with Gasteiger partial charge >= 0.3 is 0 Å². The second kappa shape index (κ2) is 12.4. The molecule has 0 atom stereocenters. The molecule has 6 heteroatoms. The van der Waals surface area contributed by atoms with E-state index in [-0.39, 0.29) is 0 Å². The summed E-state index contributed by atoms with van der Waals surface area (Å²) in [5, 5.41) is 12.7. The topological polar surface area (TPSA) is 78.8 Å². The standard InChI is InChI=1S/C60H30O6/c1-3-7-49-37(5-1)40-21-31(10-16-51(40)61-49)32-11-18-54-43(23-32)47-29-60-48(30-59(47)64-54)44-25-34(13-20-55(44)65-60)33-12-19-53-42(24-33)46-28-57-45(27-58(46)63-53)39-15-9-36(26-56(39)66-57)35-14-17-52-41(22-35)38-6-2-4-8-50(38)62-52/h1-30H. The molecule has 0 saturated heterocycles. The number of para-hydroxylation sites is 2. The molecule has 0 unspecified atom stereocenters. The van der Waals surface area contributed by atoms with Gasteiger partial charge in [0.25, 0.3) is 0 Å². The Morgan fingerprint density at radius 3 is 0.773 bits per heavy atom. The minimum Gasteiger partial charge on any atom is -0.456 e. The molecule has 0 amide bonds. The molecular weight excluding hydrogens is 817 g/mol. The first-order valence-electron chi connectivity index (χ1n) is 22.1. The summed E-state index contributed by atoms with van der Waals surface area (Å²) in [6, 6.07) is 63.3. The van der Waals surface area contributed by atoms with E-state index in [4.69, 9.17) is 26.5 Å². The summed E-state index contributed by atoms with van der Waals surface area (Å²) in [6.45, 7) is 0. The Morgan fingerprint density at radius 2 is 0.379 bits per heavy atom. The van der Waals surface area contributed by atoms with Gasteiger partial charge in [0.05, 0.1) is 0 Å². The van der Waals surface area contributed by atoms with Crippen molar-refractivity contribution in [3.63, 3.8) is 0 Å². The van der Waals surface area contributed by atoms with Gasteiger partial charge in [0.15, 0.2) is 0 Å². The van der Waals surface area contributed by atoms with E-state index >= 15 is 0 Å². The first-order chi connectivity index (χ1) is 32.6. The van der Waals surface area contributed by atoms with Gasteiger partial charge in [0, 0.05) is 64.6 Å². The van der Waals surface area contributed by atoms with Crippen LogP contribution in [0.4, 0.5) is 0 Å². The molecule has 6 aromatic heterocycles. The number of rotatable bonds is 3. The summed E-state index contributed by atoms with van der Waals surface area (Å²) in [7, 11) is 0. The van der Waals surface area contributed by atoms with E-state index in [1.165, 1.54) is 0 Å². The third-order valence-electron chi connectivity index (χ3n) is 13.9. The maximum absolute atomic E-state index is 6.60. The normalized spacial score (nSPS) is 12.5. The summed E-state index contributed by atoms with van der Waals surface area (Å²) in [6.07, 6.45) is 0. The van der Waals surface area contributed by atoms with Gasteiger partial charge in [-0.1, -0.05) is 72.8 Å². The van der Waals surface area contributed by atoms with Gasteiger partial charge in [-0.3, -0.25) is 0 Å². The van der Waals surface area contributed by atoms with Crippen LogP contribution in [0.2, 0.25) is 0 Å². The highest BCUT2D eigenvalue weighted by Gasteiger charge is 2.19. The zero-order valence-corrected chi connectivity index (χ0v) is 34.8. The van der Waals surface area contributed by atoms with Crippen molar-refractivity contribution in [1.29, 1.82) is 0 Å². The highest BCUT2D eigenvalue weighted by molar-refractivity contribution is 6.18. The molecule has 16 aromatic rings. The highest BCUT2D eigenvalue weighted by atomic mass is 16.4. The van der Waals surface area contributed by atoms with Gasteiger partial charge < -0.3 is 26.5 Å². The van der Waals surface area contributed by atoms with E-state index in [2.05, 4.69) is 152 Å². The fraction of sp³-hybridized carbons (Fsp3) is 0.